The molecule has 1 atom stereocenters. The molecule has 0 radical (unpaired) electrons. The molecule has 0 saturated carbocycles. The number of halogens is 2. The first-order chi connectivity index (χ1) is 12.6. The lowest BCUT2D eigenvalue weighted by molar-refractivity contribution is -0.122. The van der Waals surface area contributed by atoms with Gasteiger partial charge in [-0.1, -0.05) is 35.3 Å². The maximum atomic E-state index is 12.4. The molecule has 1 fully saturated rings. The Bertz CT molecular complexity index is 718. The fourth-order valence-corrected chi connectivity index (χ4v) is 4.22. The molecule has 0 unspecified atom stereocenters. The normalized spacial score (nSPS) is 17.0. The van der Waals surface area contributed by atoms with Crippen LogP contribution in [-0.2, 0) is 22.6 Å². The van der Waals surface area contributed by atoms with Crippen molar-refractivity contribution in [3.8, 4) is 0 Å². The number of carbonyl (C=O) groups excluding carboxylic acids is 1. The molecule has 4 nitrogen and oxygen atoms in total. The van der Waals surface area contributed by atoms with Crippen molar-refractivity contribution in [1.82, 2.24) is 10.2 Å². The molecule has 1 N–H and O–H groups in total. The van der Waals surface area contributed by atoms with Crippen molar-refractivity contribution in [2.24, 2.45) is 0 Å². The summed E-state index contributed by atoms with van der Waals surface area (Å²) in [4.78, 5) is 15.8. The number of hydrogen-bond acceptors (Lipinski definition) is 4. The van der Waals surface area contributed by atoms with E-state index < -0.39 is 0 Å². The fraction of sp³-hybridized carbons (Fsp3) is 0.421. The highest BCUT2D eigenvalue weighted by Crippen LogP contribution is 2.21. The summed E-state index contributed by atoms with van der Waals surface area (Å²) >= 11 is 13.8. The maximum Gasteiger partial charge on any atom is 0.234 e. The standard InChI is InChI=1S/C19H22Cl2N2O2S/c20-15-6-5-14(18(21)9-15)10-22-19(24)13-23(11-16-3-1-7-25-16)12-17-4-2-8-26-17/h2,4-6,8-9,16H,1,3,7,10-13H2,(H,22,24)/t16-/m1/s1. The summed E-state index contributed by atoms with van der Waals surface area (Å²) in [7, 11) is 0. The molecule has 0 aliphatic carbocycles. The van der Waals surface area contributed by atoms with E-state index in [2.05, 4.69) is 21.7 Å². The second-order valence-electron chi connectivity index (χ2n) is 6.40. The predicted octanol–water partition coefficient (Wildman–Crippen LogP) is 4.35. The number of ether oxygens (including phenoxy) is 1. The van der Waals surface area contributed by atoms with Crippen molar-refractivity contribution in [1.29, 1.82) is 0 Å². The Morgan fingerprint density at radius 1 is 1.35 bits per heavy atom. The molecule has 1 saturated heterocycles. The summed E-state index contributed by atoms with van der Waals surface area (Å²) in [6.45, 7) is 3.07. The van der Waals surface area contributed by atoms with Gasteiger partial charge in [-0.15, -0.1) is 11.3 Å². The molecule has 7 heteroatoms. The zero-order valence-electron chi connectivity index (χ0n) is 14.4. The number of nitrogens with one attached hydrogen (secondary N) is 1. The van der Waals surface area contributed by atoms with E-state index in [4.69, 9.17) is 27.9 Å². The maximum absolute atomic E-state index is 12.4. The quantitative estimate of drug-likeness (QED) is 0.700. The molecular weight excluding hydrogens is 391 g/mol. The van der Waals surface area contributed by atoms with Gasteiger partial charge in [-0.3, -0.25) is 9.69 Å². The summed E-state index contributed by atoms with van der Waals surface area (Å²) in [6, 6.07) is 9.42. The average molecular weight is 413 g/mol. The lowest BCUT2D eigenvalue weighted by Gasteiger charge is -2.24. The Balaban J connectivity index is 1.55. The van der Waals surface area contributed by atoms with E-state index in [1.54, 1.807) is 23.5 Å². The highest BCUT2D eigenvalue weighted by Gasteiger charge is 2.21. The van der Waals surface area contributed by atoms with Crippen LogP contribution in [-0.4, -0.2) is 36.6 Å². The summed E-state index contributed by atoms with van der Waals surface area (Å²) in [5.41, 5.74) is 0.855. The van der Waals surface area contributed by atoms with Crippen LogP contribution in [0.4, 0.5) is 0 Å². The minimum Gasteiger partial charge on any atom is -0.377 e. The van der Waals surface area contributed by atoms with Gasteiger partial charge in [0.2, 0.25) is 5.91 Å². The van der Waals surface area contributed by atoms with Gasteiger partial charge in [0.1, 0.15) is 0 Å². The van der Waals surface area contributed by atoms with Gasteiger partial charge >= 0.3 is 0 Å². The zero-order valence-corrected chi connectivity index (χ0v) is 16.7. The molecule has 2 aromatic rings. The van der Waals surface area contributed by atoms with E-state index >= 15 is 0 Å². The van der Waals surface area contributed by atoms with Crippen molar-refractivity contribution < 1.29 is 9.53 Å². The van der Waals surface area contributed by atoms with E-state index in [1.807, 2.05) is 12.1 Å². The van der Waals surface area contributed by atoms with Crippen LogP contribution in [0.2, 0.25) is 10.0 Å². The van der Waals surface area contributed by atoms with Crippen molar-refractivity contribution in [2.45, 2.75) is 32.0 Å². The van der Waals surface area contributed by atoms with Crippen molar-refractivity contribution in [2.75, 3.05) is 19.7 Å². The number of benzene rings is 1. The third kappa shape index (κ3) is 5.96. The van der Waals surface area contributed by atoms with Crippen LogP contribution in [0.25, 0.3) is 0 Å². The first-order valence-electron chi connectivity index (χ1n) is 8.67. The number of carbonyl (C=O) groups is 1. The minimum absolute atomic E-state index is 0.0226. The van der Waals surface area contributed by atoms with E-state index in [-0.39, 0.29) is 12.0 Å². The summed E-state index contributed by atoms with van der Waals surface area (Å²) < 4.78 is 5.74. The van der Waals surface area contributed by atoms with Crippen LogP contribution in [0, 0.1) is 0 Å². The molecule has 1 amide bonds. The molecule has 26 heavy (non-hydrogen) atoms. The van der Waals surface area contributed by atoms with E-state index in [9.17, 15) is 4.79 Å². The van der Waals surface area contributed by atoms with E-state index in [0.717, 1.165) is 38.1 Å². The van der Waals surface area contributed by atoms with Gasteiger partial charge < -0.3 is 10.1 Å². The van der Waals surface area contributed by atoms with E-state index in [0.29, 0.717) is 23.1 Å². The molecule has 0 spiro atoms. The molecule has 140 valence electrons. The highest BCUT2D eigenvalue weighted by molar-refractivity contribution is 7.09. The number of rotatable bonds is 8. The SMILES string of the molecule is O=C(CN(Cc1cccs1)C[C@H]1CCCO1)NCc1ccc(Cl)cc1Cl. The van der Waals surface area contributed by atoms with Crippen molar-refractivity contribution >= 4 is 40.4 Å². The first kappa shape index (κ1) is 19.6. The Hall–Kier alpha value is -1.11. The molecule has 1 aromatic heterocycles. The summed E-state index contributed by atoms with van der Waals surface area (Å²) in [6.07, 6.45) is 2.37. The smallest absolute Gasteiger partial charge is 0.234 e. The van der Waals surface area contributed by atoms with Crippen LogP contribution in [0.15, 0.2) is 35.7 Å². The lowest BCUT2D eigenvalue weighted by atomic mass is 10.2. The molecule has 3 rings (SSSR count). The highest BCUT2D eigenvalue weighted by atomic mass is 35.5. The predicted molar refractivity (Wildman–Crippen MR) is 107 cm³/mol. The molecular formula is C19H22Cl2N2O2S. The lowest BCUT2D eigenvalue weighted by Crippen LogP contribution is -2.40. The van der Waals surface area contributed by atoms with Crippen LogP contribution in [0.5, 0.6) is 0 Å². The Morgan fingerprint density at radius 2 is 2.23 bits per heavy atom. The Morgan fingerprint density at radius 3 is 2.92 bits per heavy atom. The van der Waals surface area contributed by atoms with Gasteiger partial charge in [-0.2, -0.15) is 0 Å². The molecule has 1 aromatic carbocycles. The van der Waals surface area contributed by atoms with Crippen LogP contribution < -0.4 is 5.32 Å². The third-order valence-corrected chi connectivity index (χ3v) is 5.75. The Kier molecular flexibility index (Phi) is 7.34. The van der Waals surface area contributed by atoms with Gasteiger partial charge in [-0.05, 0) is 42.0 Å². The first-order valence-corrected chi connectivity index (χ1v) is 10.3. The third-order valence-electron chi connectivity index (χ3n) is 4.30. The van der Waals surface area contributed by atoms with Gasteiger partial charge in [0.05, 0.1) is 12.6 Å². The van der Waals surface area contributed by atoms with Gasteiger partial charge in [0, 0.05) is 41.2 Å². The fourth-order valence-electron chi connectivity index (χ4n) is 3.00. The summed E-state index contributed by atoms with van der Waals surface area (Å²) in [5.74, 6) is -0.0226. The molecule has 1 aliphatic heterocycles. The van der Waals surface area contributed by atoms with Crippen molar-refractivity contribution in [3.63, 3.8) is 0 Å². The number of thiophene rings is 1. The Labute approximate surface area is 168 Å². The van der Waals surface area contributed by atoms with Gasteiger partial charge in [-0.25, -0.2) is 0 Å². The van der Waals surface area contributed by atoms with Gasteiger partial charge in [0.15, 0.2) is 0 Å². The summed E-state index contributed by atoms with van der Waals surface area (Å²) in [5, 5.41) is 6.16. The second kappa shape index (κ2) is 9.72. The van der Waals surface area contributed by atoms with Crippen molar-refractivity contribution in [3.05, 3.63) is 56.2 Å². The molecule has 0 bridgehead atoms. The largest absolute Gasteiger partial charge is 0.377 e. The number of nitrogens with zero attached hydrogens (tertiary/aromatic N) is 1. The number of amides is 1. The topological polar surface area (TPSA) is 41.6 Å². The van der Waals surface area contributed by atoms with Crippen LogP contribution >= 0.6 is 34.5 Å². The zero-order chi connectivity index (χ0) is 18.4. The average Bonchev–Trinajstić information content (AvgIpc) is 3.28. The molecule has 1 aliphatic rings. The second-order valence-corrected chi connectivity index (χ2v) is 8.27. The van der Waals surface area contributed by atoms with E-state index in [1.165, 1.54) is 4.88 Å². The van der Waals surface area contributed by atoms with Crippen LogP contribution in [0.3, 0.4) is 0 Å². The van der Waals surface area contributed by atoms with Gasteiger partial charge in [0.25, 0.3) is 0 Å². The molecule has 2 heterocycles. The van der Waals surface area contributed by atoms with Crippen LogP contribution in [0.1, 0.15) is 23.3 Å². The monoisotopic (exact) mass is 412 g/mol. The number of hydrogen-bond donors (Lipinski definition) is 1. The minimum atomic E-state index is -0.0226.